The van der Waals surface area contributed by atoms with Gasteiger partial charge in [0.25, 0.3) is 0 Å². The molecular weight excluding hydrogens is 751 g/mol. The summed E-state index contributed by atoms with van der Waals surface area (Å²) < 4.78 is 4.65. The normalized spacial score (nSPS) is 12.2. The van der Waals surface area contributed by atoms with E-state index in [0.29, 0.717) is 5.92 Å². The van der Waals surface area contributed by atoms with Gasteiger partial charge in [0.1, 0.15) is 0 Å². The molecule has 0 aliphatic carbocycles. The molecule has 0 amide bonds. The number of aliphatic hydroxyl groups is 1. The molecule has 2 aromatic heterocycles. The molecule has 0 bridgehead atoms. The number of aliphatic hydroxyl groups excluding tert-OH is 1. The van der Waals surface area contributed by atoms with Crippen molar-refractivity contribution < 1.29 is 34.6 Å². The number of allylic oxidation sites excluding steroid dienone is 2. The summed E-state index contributed by atoms with van der Waals surface area (Å²) in [6.45, 7) is 23.3. The van der Waals surface area contributed by atoms with E-state index in [0.717, 1.165) is 17.7 Å². The van der Waals surface area contributed by atoms with E-state index < -0.39 is 0 Å². The van der Waals surface area contributed by atoms with Gasteiger partial charge < -0.3 is 9.67 Å². The minimum atomic E-state index is -0.0316. The van der Waals surface area contributed by atoms with Crippen LogP contribution in [0.3, 0.4) is 0 Å². The van der Waals surface area contributed by atoms with E-state index in [1.54, 1.807) is 0 Å². The van der Waals surface area contributed by atoms with Crippen molar-refractivity contribution in [3.8, 4) is 11.3 Å². The van der Waals surface area contributed by atoms with Crippen molar-refractivity contribution in [1.29, 1.82) is 0 Å². The summed E-state index contributed by atoms with van der Waals surface area (Å²) in [5, 5.41) is 14.3. The van der Waals surface area contributed by atoms with Gasteiger partial charge in [0, 0.05) is 54.5 Å². The number of pyridine rings is 1. The fourth-order valence-electron chi connectivity index (χ4n) is 5.49. The summed E-state index contributed by atoms with van der Waals surface area (Å²) in [4.78, 5) is 11.0. The Balaban J connectivity index is 0.000000397. The Bertz CT molecular complexity index is 1850. The third-order valence-electron chi connectivity index (χ3n) is 8.03. The molecule has 5 aromatic rings. The van der Waals surface area contributed by atoms with Gasteiger partial charge in [-0.3, -0.25) is 4.79 Å². The molecule has 3 aromatic carbocycles. The van der Waals surface area contributed by atoms with Gasteiger partial charge in [-0.15, -0.1) is 34.4 Å². The Hall–Kier alpha value is -3.11. The summed E-state index contributed by atoms with van der Waals surface area (Å²) in [5.74, 6) is 0.810. The zero-order chi connectivity index (χ0) is 32.5. The van der Waals surface area contributed by atoms with Crippen LogP contribution in [0, 0.1) is 31.7 Å². The number of benzene rings is 3. The van der Waals surface area contributed by atoms with E-state index in [-0.39, 0.29) is 48.9 Å². The van der Waals surface area contributed by atoms with Crippen LogP contribution in [-0.4, -0.2) is 10.9 Å². The van der Waals surface area contributed by atoms with Crippen molar-refractivity contribution in [2.75, 3.05) is 0 Å². The van der Waals surface area contributed by atoms with Gasteiger partial charge in [-0.25, -0.2) is 0 Å². The second kappa shape index (κ2) is 14.5. The van der Waals surface area contributed by atoms with Crippen molar-refractivity contribution in [3.05, 3.63) is 103 Å². The van der Waals surface area contributed by atoms with Crippen LogP contribution in [0.1, 0.15) is 79.0 Å². The first-order chi connectivity index (χ1) is 20.6. The summed E-state index contributed by atoms with van der Waals surface area (Å²) in [6, 6.07) is 20.2. The molecule has 241 valence electrons. The van der Waals surface area contributed by atoms with E-state index in [1.165, 1.54) is 53.7 Å². The molecule has 2 heterocycles. The number of rotatable bonds is 6. The van der Waals surface area contributed by atoms with Crippen molar-refractivity contribution in [3.63, 3.8) is 0 Å². The quantitative estimate of drug-likeness (QED) is 0.0805. The summed E-state index contributed by atoms with van der Waals surface area (Å²) in [7, 11) is 4.38. The third kappa shape index (κ3) is 8.01. The molecule has 0 aliphatic rings. The number of thiophene rings is 1. The smallest absolute Gasteiger partial charge is 0.161 e. The minimum Gasteiger partial charge on any atom is -0.512 e. The molecule has 3 nitrogen and oxygen atoms in total. The molecule has 1 N–H and O–H groups in total. The summed E-state index contributed by atoms with van der Waals surface area (Å²) in [6.07, 6.45) is 4.52. The van der Waals surface area contributed by atoms with Gasteiger partial charge in [-0.1, -0.05) is 104 Å². The largest absolute Gasteiger partial charge is 0.512 e. The predicted molar refractivity (Wildman–Crippen MR) is 190 cm³/mol. The second-order valence-electron chi connectivity index (χ2n) is 13.9. The Morgan fingerprint density at radius 3 is 2.13 bits per heavy atom. The van der Waals surface area contributed by atoms with Crippen molar-refractivity contribution in [2.45, 2.75) is 74.1 Å². The summed E-state index contributed by atoms with van der Waals surface area (Å²) >= 11 is 1.88. The topological polar surface area (TPSA) is 41.2 Å². The van der Waals surface area contributed by atoms with Crippen LogP contribution in [-0.2, 0) is 36.7 Å². The first-order valence-electron chi connectivity index (χ1n) is 15.6. The fraction of sp³-hybridized carbons (Fsp3) is 0.350. The first kappa shape index (κ1) is 36.4. The second-order valence-corrected chi connectivity index (χ2v) is 15.0. The average Bonchev–Trinajstić information content (AvgIpc) is 3.30. The molecule has 0 aliphatic heterocycles. The zero-order valence-corrected chi connectivity index (χ0v) is 31.5. The van der Waals surface area contributed by atoms with Gasteiger partial charge >= 0.3 is 0 Å². The van der Waals surface area contributed by atoms with Gasteiger partial charge in [0.2, 0.25) is 0 Å². The number of hydrogen-bond acceptors (Lipinski definition) is 3. The monoisotopic (exact) mass is 799 g/mol. The Labute approximate surface area is 287 Å². The van der Waals surface area contributed by atoms with E-state index in [1.807, 2.05) is 43.6 Å². The molecular formula is C40H48IrNO2S-. The molecule has 1 radical (unpaired) electrons. The fourth-order valence-corrected chi connectivity index (χ4v) is 6.82. The van der Waals surface area contributed by atoms with E-state index in [2.05, 4.69) is 109 Å². The van der Waals surface area contributed by atoms with Gasteiger partial charge in [-0.05, 0) is 46.2 Å². The van der Waals surface area contributed by atoms with Crippen molar-refractivity contribution >= 4 is 48.1 Å². The van der Waals surface area contributed by atoms with Crippen LogP contribution in [0.5, 0.6) is 0 Å². The number of fused-ring (bicyclic) bond motifs is 4. The van der Waals surface area contributed by atoms with Crippen LogP contribution < -0.4 is 4.57 Å². The number of aromatic nitrogens is 1. The van der Waals surface area contributed by atoms with E-state index in [4.69, 9.17) is 0 Å². The Morgan fingerprint density at radius 1 is 0.911 bits per heavy atom. The molecule has 0 unspecified atom stereocenters. The van der Waals surface area contributed by atoms with Crippen LogP contribution in [0.25, 0.3) is 42.2 Å². The number of carbonyl (C=O) groups is 1. The number of hydrogen-bond donors (Lipinski definition) is 1. The maximum Gasteiger partial charge on any atom is 0.161 e. The molecule has 0 atom stereocenters. The molecule has 0 fully saturated rings. The molecule has 0 spiro atoms. The molecule has 5 rings (SSSR count). The van der Waals surface area contributed by atoms with Crippen molar-refractivity contribution in [1.82, 2.24) is 0 Å². The third-order valence-corrected chi connectivity index (χ3v) is 9.21. The molecule has 0 saturated heterocycles. The molecule has 0 saturated carbocycles. The molecule has 5 heteroatoms. The van der Waals surface area contributed by atoms with E-state index in [9.17, 15) is 9.90 Å². The number of carbonyl (C=O) groups excluding carboxylic acids is 1. The Kier molecular flexibility index (Phi) is 11.7. The Morgan fingerprint density at radius 2 is 1.56 bits per heavy atom. The maximum absolute atomic E-state index is 11.0. The molecule has 45 heavy (non-hydrogen) atoms. The average molecular weight is 799 g/mol. The standard InChI is InChI=1S/C31H32NS.C9H16O2.Ir/c1-19(2)16-21-12-13-24-25-14-15-32(7)29(30(25)33-28(24)17-21)26-18-27(31(4,5)6)23-11-9-8-10-22(23)20(26)3;1-6(2)8(10)5-9(11)7(3)4;/h8-15,17-19H,3,7,16H2,1-2,4-6H3;5-7,10H,1-4H3;/q-1;;/b;8-5-;. The zero-order valence-electron chi connectivity index (χ0n) is 28.2. The first-order valence-corrected chi connectivity index (χ1v) is 16.4. The SMILES string of the molecule is CC(C)C(=O)/C=C(\O)C(C)C.[CH2-]c1c(-c2c3sc4cc(CC(C)C)ccc4c3cc[n+]2[CH2-])cc(C(C)(C)C)c2ccccc12.[Ir]. The van der Waals surface area contributed by atoms with Crippen LogP contribution in [0.4, 0.5) is 0 Å². The van der Waals surface area contributed by atoms with Gasteiger partial charge in [0.05, 0.1) is 17.6 Å². The predicted octanol–water partition coefficient (Wildman–Crippen LogP) is 10.8. The van der Waals surface area contributed by atoms with Crippen LogP contribution in [0.2, 0.25) is 0 Å². The van der Waals surface area contributed by atoms with E-state index >= 15 is 0 Å². The minimum absolute atomic E-state index is 0. The van der Waals surface area contributed by atoms with Crippen LogP contribution >= 0.6 is 11.3 Å². The van der Waals surface area contributed by atoms with Crippen molar-refractivity contribution in [2.24, 2.45) is 17.8 Å². The van der Waals surface area contributed by atoms with Gasteiger partial charge in [-0.2, -0.15) is 12.5 Å². The summed E-state index contributed by atoms with van der Waals surface area (Å²) in [5.41, 5.74) is 6.17. The number of ketones is 1. The number of nitrogens with zero attached hydrogens (tertiary/aromatic N) is 1. The van der Waals surface area contributed by atoms with Crippen LogP contribution in [0.15, 0.2) is 72.6 Å². The maximum atomic E-state index is 11.0. The van der Waals surface area contributed by atoms with Gasteiger partial charge in [0.15, 0.2) is 5.78 Å².